The smallest absolute Gasteiger partial charge is 0.276 e. The Morgan fingerprint density at radius 1 is 1.33 bits per heavy atom. The van der Waals surface area contributed by atoms with Gasteiger partial charge in [0.2, 0.25) is 0 Å². The Labute approximate surface area is 124 Å². The van der Waals surface area contributed by atoms with Crippen molar-refractivity contribution in [1.82, 2.24) is 10.1 Å². The van der Waals surface area contributed by atoms with Gasteiger partial charge in [0, 0.05) is 24.2 Å². The van der Waals surface area contributed by atoms with Crippen LogP contribution in [0.4, 0.5) is 0 Å². The van der Waals surface area contributed by atoms with Crippen LogP contribution in [0.2, 0.25) is 0 Å². The minimum Gasteiger partial charge on any atom is -0.355 e. The largest absolute Gasteiger partial charge is 0.355 e. The number of hydrogen-bond donors (Lipinski definition) is 0. The van der Waals surface area contributed by atoms with Gasteiger partial charge in [-0.25, -0.2) is 0 Å². The van der Waals surface area contributed by atoms with Gasteiger partial charge in [-0.2, -0.15) is 0 Å². The van der Waals surface area contributed by atoms with Crippen LogP contribution in [0, 0.1) is 0 Å². The first-order valence-corrected chi connectivity index (χ1v) is 7.62. The molecular weight excluding hydrogens is 264 g/mol. The third-order valence-corrected chi connectivity index (χ3v) is 4.15. The normalized spacial score (nSPS) is 18.7. The molecule has 0 radical (unpaired) electrons. The second-order valence-corrected chi connectivity index (χ2v) is 5.50. The van der Waals surface area contributed by atoms with Crippen molar-refractivity contribution in [2.45, 2.75) is 38.6 Å². The summed E-state index contributed by atoms with van der Waals surface area (Å²) in [6.07, 6.45) is 4.36. The average molecular weight is 284 g/mol. The van der Waals surface area contributed by atoms with Gasteiger partial charge in [-0.05, 0) is 25.7 Å². The van der Waals surface area contributed by atoms with Crippen LogP contribution in [0.25, 0.3) is 11.3 Å². The minimum absolute atomic E-state index is 0.00696. The lowest BCUT2D eigenvalue weighted by atomic mass is 9.99. The summed E-state index contributed by atoms with van der Waals surface area (Å²) in [6.45, 7) is 2.96. The number of likely N-dealkylation sites (tertiary alicyclic amines) is 1. The van der Waals surface area contributed by atoms with E-state index in [1.165, 1.54) is 6.42 Å². The predicted molar refractivity (Wildman–Crippen MR) is 80.9 cm³/mol. The lowest BCUT2D eigenvalue weighted by Crippen LogP contribution is -2.43. The summed E-state index contributed by atoms with van der Waals surface area (Å²) in [7, 11) is 0. The molecule has 21 heavy (non-hydrogen) atoms. The molecule has 2 aromatic rings. The molecule has 110 valence electrons. The van der Waals surface area contributed by atoms with Gasteiger partial charge in [-0.1, -0.05) is 42.4 Å². The molecule has 2 heterocycles. The maximum Gasteiger partial charge on any atom is 0.276 e. The van der Waals surface area contributed by atoms with Crippen molar-refractivity contribution >= 4 is 5.91 Å². The van der Waals surface area contributed by atoms with Crippen LogP contribution in [-0.4, -0.2) is 28.6 Å². The molecule has 1 aliphatic heterocycles. The molecule has 1 aromatic carbocycles. The lowest BCUT2D eigenvalue weighted by molar-refractivity contribution is 0.0597. The monoisotopic (exact) mass is 284 g/mol. The molecule has 1 aromatic heterocycles. The molecule has 0 bridgehead atoms. The Bertz CT molecular complexity index is 606. The van der Waals surface area contributed by atoms with Gasteiger partial charge in [-0.15, -0.1) is 0 Å². The standard InChI is InChI=1S/C17H20N2O2/c1-2-14-10-6-7-11-19(14)17(20)15-12-16(21-18-15)13-8-4-3-5-9-13/h3-5,8-9,12,14H,2,6-7,10-11H2,1H3. The summed E-state index contributed by atoms with van der Waals surface area (Å²) in [5.74, 6) is 0.636. The van der Waals surface area contributed by atoms with E-state index in [0.29, 0.717) is 17.5 Å². The van der Waals surface area contributed by atoms with Gasteiger partial charge in [0.15, 0.2) is 11.5 Å². The molecule has 4 nitrogen and oxygen atoms in total. The molecule has 1 fully saturated rings. The van der Waals surface area contributed by atoms with Gasteiger partial charge in [0.25, 0.3) is 5.91 Å². The quantitative estimate of drug-likeness (QED) is 0.862. The highest BCUT2D eigenvalue weighted by atomic mass is 16.5. The molecule has 4 heteroatoms. The van der Waals surface area contributed by atoms with E-state index in [9.17, 15) is 4.79 Å². The summed E-state index contributed by atoms with van der Waals surface area (Å²) in [4.78, 5) is 14.6. The number of benzene rings is 1. The first-order chi connectivity index (χ1) is 10.3. The van der Waals surface area contributed by atoms with E-state index in [2.05, 4.69) is 12.1 Å². The van der Waals surface area contributed by atoms with E-state index >= 15 is 0 Å². The number of aromatic nitrogens is 1. The SMILES string of the molecule is CCC1CCCCN1C(=O)c1cc(-c2ccccc2)on1. The summed E-state index contributed by atoms with van der Waals surface area (Å²) in [5, 5.41) is 3.97. The molecule has 1 unspecified atom stereocenters. The van der Waals surface area contributed by atoms with Crippen LogP contribution < -0.4 is 0 Å². The van der Waals surface area contributed by atoms with E-state index in [4.69, 9.17) is 4.52 Å². The number of hydrogen-bond acceptors (Lipinski definition) is 3. The Balaban J connectivity index is 1.81. The fourth-order valence-corrected chi connectivity index (χ4v) is 2.95. The first-order valence-electron chi connectivity index (χ1n) is 7.62. The summed E-state index contributed by atoms with van der Waals surface area (Å²) in [5.41, 5.74) is 1.35. The third-order valence-electron chi connectivity index (χ3n) is 4.15. The van der Waals surface area contributed by atoms with Crippen LogP contribution in [0.5, 0.6) is 0 Å². The molecule has 1 aliphatic rings. The Morgan fingerprint density at radius 3 is 2.90 bits per heavy atom. The van der Waals surface area contributed by atoms with Crippen LogP contribution in [-0.2, 0) is 0 Å². The Morgan fingerprint density at radius 2 is 2.14 bits per heavy atom. The molecule has 0 spiro atoms. The van der Waals surface area contributed by atoms with Crippen LogP contribution in [0.1, 0.15) is 43.1 Å². The van der Waals surface area contributed by atoms with Crippen molar-refractivity contribution in [2.24, 2.45) is 0 Å². The van der Waals surface area contributed by atoms with Crippen LogP contribution >= 0.6 is 0 Å². The third kappa shape index (κ3) is 2.84. The van der Waals surface area contributed by atoms with E-state index < -0.39 is 0 Å². The van der Waals surface area contributed by atoms with Crippen molar-refractivity contribution < 1.29 is 9.32 Å². The second-order valence-electron chi connectivity index (χ2n) is 5.50. The molecule has 0 N–H and O–H groups in total. The van der Waals surface area contributed by atoms with Gasteiger partial charge in [0.05, 0.1) is 0 Å². The van der Waals surface area contributed by atoms with Crippen molar-refractivity contribution in [3.8, 4) is 11.3 Å². The molecule has 3 rings (SSSR count). The van der Waals surface area contributed by atoms with Crippen molar-refractivity contribution in [2.75, 3.05) is 6.54 Å². The van der Waals surface area contributed by atoms with Gasteiger partial charge in [0.1, 0.15) is 0 Å². The second kappa shape index (κ2) is 6.12. The van der Waals surface area contributed by atoms with Gasteiger partial charge >= 0.3 is 0 Å². The number of rotatable bonds is 3. The zero-order valence-corrected chi connectivity index (χ0v) is 12.3. The zero-order valence-electron chi connectivity index (χ0n) is 12.3. The fourth-order valence-electron chi connectivity index (χ4n) is 2.95. The van der Waals surface area contributed by atoms with E-state index in [-0.39, 0.29) is 5.91 Å². The fraction of sp³-hybridized carbons (Fsp3) is 0.412. The number of carbonyl (C=O) groups is 1. The van der Waals surface area contributed by atoms with Crippen LogP contribution in [0.15, 0.2) is 40.9 Å². The highest BCUT2D eigenvalue weighted by Gasteiger charge is 2.28. The molecular formula is C17H20N2O2. The number of amides is 1. The number of nitrogens with zero attached hydrogens (tertiary/aromatic N) is 2. The van der Waals surface area contributed by atoms with Crippen molar-refractivity contribution in [3.63, 3.8) is 0 Å². The zero-order chi connectivity index (χ0) is 14.7. The average Bonchev–Trinajstić information content (AvgIpc) is 3.05. The minimum atomic E-state index is -0.00696. The summed E-state index contributed by atoms with van der Waals surface area (Å²) >= 11 is 0. The molecule has 1 saturated heterocycles. The molecule has 0 saturated carbocycles. The highest BCUT2D eigenvalue weighted by Crippen LogP contribution is 2.24. The van der Waals surface area contributed by atoms with E-state index in [1.807, 2.05) is 35.2 Å². The van der Waals surface area contributed by atoms with Crippen LogP contribution in [0.3, 0.4) is 0 Å². The summed E-state index contributed by atoms with van der Waals surface area (Å²) < 4.78 is 5.33. The van der Waals surface area contributed by atoms with Gasteiger partial charge in [-0.3, -0.25) is 4.79 Å². The summed E-state index contributed by atoms with van der Waals surface area (Å²) in [6, 6.07) is 11.8. The number of carbonyl (C=O) groups excluding carboxylic acids is 1. The van der Waals surface area contributed by atoms with Crippen molar-refractivity contribution in [3.05, 3.63) is 42.1 Å². The lowest BCUT2D eigenvalue weighted by Gasteiger charge is -2.34. The molecule has 0 aliphatic carbocycles. The van der Waals surface area contributed by atoms with Gasteiger partial charge < -0.3 is 9.42 Å². The Hall–Kier alpha value is -2.10. The van der Waals surface area contributed by atoms with E-state index in [0.717, 1.165) is 31.4 Å². The number of piperidine rings is 1. The molecule has 1 amide bonds. The topological polar surface area (TPSA) is 46.3 Å². The highest BCUT2D eigenvalue weighted by molar-refractivity contribution is 5.93. The van der Waals surface area contributed by atoms with Crippen molar-refractivity contribution in [1.29, 1.82) is 0 Å². The first kappa shape index (κ1) is 13.9. The maximum absolute atomic E-state index is 12.6. The maximum atomic E-state index is 12.6. The Kier molecular flexibility index (Phi) is 4.04. The predicted octanol–water partition coefficient (Wildman–Crippen LogP) is 3.75. The van der Waals surface area contributed by atoms with E-state index in [1.54, 1.807) is 6.07 Å². The molecule has 1 atom stereocenters.